The molecule has 0 saturated carbocycles. The monoisotopic (exact) mass is 376 g/mol. The SMILES string of the molecule is Cc1ccc(C)c([C@H](C)NS(=O)(=O)c2ccc3c(c2)sc(=O)n3C)c1. The first-order valence-electron chi connectivity index (χ1n) is 7.88. The van der Waals surface area contributed by atoms with Crippen molar-refractivity contribution in [3.63, 3.8) is 0 Å². The normalized spacial score (nSPS) is 13.3. The molecule has 1 heterocycles. The summed E-state index contributed by atoms with van der Waals surface area (Å²) in [6.45, 7) is 5.78. The van der Waals surface area contributed by atoms with Crippen LogP contribution in [0.4, 0.5) is 0 Å². The molecular weight excluding hydrogens is 356 g/mol. The minimum absolute atomic E-state index is 0.110. The van der Waals surface area contributed by atoms with Gasteiger partial charge in [0, 0.05) is 13.1 Å². The fraction of sp³-hybridized carbons (Fsp3) is 0.278. The van der Waals surface area contributed by atoms with E-state index in [1.165, 1.54) is 10.6 Å². The fourth-order valence-electron chi connectivity index (χ4n) is 2.87. The minimum atomic E-state index is -3.69. The van der Waals surface area contributed by atoms with Gasteiger partial charge in [0.1, 0.15) is 0 Å². The van der Waals surface area contributed by atoms with Crippen molar-refractivity contribution in [1.82, 2.24) is 9.29 Å². The Hall–Kier alpha value is -1.96. The topological polar surface area (TPSA) is 68.2 Å². The second-order valence-electron chi connectivity index (χ2n) is 6.26. The Morgan fingerprint density at radius 3 is 2.56 bits per heavy atom. The highest BCUT2D eigenvalue weighted by atomic mass is 32.2. The van der Waals surface area contributed by atoms with Gasteiger partial charge >= 0.3 is 4.87 Å². The Labute approximate surface area is 151 Å². The maximum absolute atomic E-state index is 12.8. The summed E-state index contributed by atoms with van der Waals surface area (Å²) in [5, 5.41) is 0. The molecule has 0 bridgehead atoms. The molecule has 2 aromatic carbocycles. The van der Waals surface area contributed by atoms with E-state index in [4.69, 9.17) is 0 Å². The number of nitrogens with one attached hydrogen (secondary N) is 1. The van der Waals surface area contributed by atoms with E-state index in [1.54, 1.807) is 19.2 Å². The van der Waals surface area contributed by atoms with Crippen LogP contribution in [0.3, 0.4) is 0 Å². The van der Waals surface area contributed by atoms with E-state index in [0.29, 0.717) is 4.70 Å². The molecule has 0 fully saturated rings. The number of benzene rings is 2. The van der Waals surface area contributed by atoms with E-state index in [9.17, 15) is 13.2 Å². The standard InChI is InChI=1S/C18H20N2O3S2/c1-11-5-6-12(2)15(9-11)13(3)19-25(22,23)14-7-8-16-17(10-14)24-18(21)20(16)4/h5-10,13,19H,1-4H3/t13-/m0/s1. The van der Waals surface area contributed by atoms with Gasteiger partial charge in [-0.25, -0.2) is 13.1 Å². The lowest BCUT2D eigenvalue weighted by atomic mass is 10.0. The van der Waals surface area contributed by atoms with Gasteiger partial charge in [0.05, 0.1) is 15.1 Å². The third-order valence-corrected chi connectivity index (χ3v) is 6.84. The summed E-state index contributed by atoms with van der Waals surface area (Å²) < 4.78 is 30.4. The van der Waals surface area contributed by atoms with Gasteiger partial charge in [0.15, 0.2) is 0 Å². The molecule has 7 heteroatoms. The van der Waals surface area contributed by atoms with Crippen LogP contribution in [0.25, 0.3) is 10.2 Å². The molecule has 1 N–H and O–H groups in total. The van der Waals surface area contributed by atoms with E-state index in [1.807, 2.05) is 39.0 Å². The summed E-state index contributed by atoms with van der Waals surface area (Å²) in [5.41, 5.74) is 3.81. The van der Waals surface area contributed by atoms with Crippen LogP contribution in [0.2, 0.25) is 0 Å². The van der Waals surface area contributed by atoms with Crippen molar-refractivity contribution in [3.05, 3.63) is 62.8 Å². The lowest BCUT2D eigenvalue weighted by Gasteiger charge is -2.17. The molecule has 3 aromatic rings. The summed E-state index contributed by atoms with van der Waals surface area (Å²) in [5.74, 6) is 0. The van der Waals surface area contributed by atoms with Gasteiger partial charge in [-0.2, -0.15) is 0 Å². The average molecular weight is 377 g/mol. The number of hydrogen-bond acceptors (Lipinski definition) is 4. The first-order valence-corrected chi connectivity index (χ1v) is 10.2. The average Bonchev–Trinajstić information content (AvgIpc) is 2.83. The summed E-state index contributed by atoms with van der Waals surface area (Å²) in [7, 11) is -2.01. The van der Waals surface area contributed by atoms with E-state index in [2.05, 4.69) is 4.72 Å². The van der Waals surface area contributed by atoms with Crippen molar-refractivity contribution in [2.75, 3.05) is 0 Å². The van der Waals surface area contributed by atoms with Gasteiger partial charge in [-0.05, 0) is 50.1 Å². The maximum atomic E-state index is 12.8. The largest absolute Gasteiger partial charge is 0.307 e. The minimum Gasteiger partial charge on any atom is -0.302 e. The number of sulfonamides is 1. The van der Waals surface area contributed by atoms with Crippen molar-refractivity contribution < 1.29 is 8.42 Å². The number of aryl methyl sites for hydroxylation is 3. The third kappa shape index (κ3) is 3.40. The molecular formula is C18H20N2O3S2. The molecule has 5 nitrogen and oxygen atoms in total. The van der Waals surface area contributed by atoms with Crippen LogP contribution in [-0.4, -0.2) is 13.0 Å². The van der Waals surface area contributed by atoms with Crippen LogP contribution in [0.1, 0.15) is 29.7 Å². The lowest BCUT2D eigenvalue weighted by Crippen LogP contribution is -2.27. The zero-order valence-corrected chi connectivity index (χ0v) is 16.2. The molecule has 132 valence electrons. The lowest BCUT2D eigenvalue weighted by molar-refractivity contribution is 0.566. The number of hydrogen-bond donors (Lipinski definition) is 1. The Morgan fingerprint density at radius 2 is 1.84 bits per heavy atom. The Bertz CT molecular complexity index is 1110. The van der Waals surface area contributed by atoms with Gasteiger partial charge in [0.25, 0.3) is 0 Å². The molecule has 0 aliphatic carbocycles. The van der Waals surface area contributed by atoms with Crippen LogP contribution in [-0.2, 0) is 17.1 Å². The third-order valence-electron chi connectivity index (χ3n) is 4.31. The Kier molecular flexibility index (Phi) is 4.57. The second-order valence-corrected chi connectivity index (χ2v) is 8.97. The van der Waals surface area contributed by atoms with Gasteiger partial charge in [-0.1, -0.05) is 35.1 Å². The highest BCUT2D eigenvalue weighted by Gasteiger charge is 2.20. The predicted molar refractivity (Wildman–Crippen MR) is 102 cm³/mol. The van der Waals surface area contributed by atoms with Crippen molar-refractivity contribution in [1.29, 1.82) is 0 Å². The number of aromatic nitrogens is 1. The Morgan fingerprint density at radius 1 is 1.12 bits per heavy atom. The van der Waals surface area contributed by atoms with Crippen LogP contribution in [0.5, 0.6) is 0 Å². The molecule has 0 amide bonds. The molecule has 0 spiro atoms. The van der Waals surface area contributed by atoms with Gasteiger partial charge in [-0.15, -0.1) is 0 Å². The molecule has 0 unspecified atom stereocenters. The van der Waals surface area contributed by atoms with Crippen molar-refractivity contribution >= 4 is 31.6 Å². The van der Waals surface area contributed by atoms with Crippen LogP contribution in [0.15, 0.2) is 46.1 Å². The molecule has 0 aliphatic rings. The molecule has 0 radical (unpaired) electrons. The van der Waals surface area contributed by atoms with E-state index in [-0.39, 0.29) is 15.8 Å². The quantitative estimate of drug-likeness (QED) is 0.760. The zero-order chi connectivity index (χ0) is 18.4. The van der Waals surface area contributed by atoms with Crippen molar-refractivity contribution in [2.45, 2.75) is 31.7 Å². The molecule has 0 saturated heterocycles. The van der Waals surface area contributed by atoms with Gasteiger partial charge in [0.2, 0.25) is 10.0 Å². The number of nitrogens with zero attached hydrogens (tertiary/aromatic N) is 1. The number of rotatable bonds is 4. The van der Waals surface area contributed by atoms with Crippen LogP contribution >= 0.6 is 11.3 Å². The first-order chi connectivity index (χ1) is 11.7. The summed E-state index contributed by atoms with van der Waals surface area (Å²) in [6, 6.07) is 10.4. The second kappa shape index (κ2) is 6.40. The number of fused-ring (bicyclic) bond motifs is 1. The van der Waals surface area contributed by atoms with E-state index in [0.717, 1.165) is 33.5 Å². The van der Waals surface area contributed by atoms with Crippen LogP contribution in [0, 0.1) is 13.8 Å². The fourth-order valence-corrected chi connectivity index (χ4v) is 5.11. The van der Waals surface area contributed by atoms with Crippen LogP contribution < -0.4 is 9.60 Å². The summed E-state index contributed by atoms with van der Waals surface area (Å²) >= 11 is 1.04. The highest BCUT2D eigenvalue weighted by molar-refractivity contribution is 7.89. The molecule has 1 aromatic heterocycles. The van der Waals surface area contributed by atoms with Crippen molar-refractivity contribution in [3.8, 4) is 0 Å². The molecule has 0 aliphatic heterocycles. The predicted octanol–water partition coefficient (Wildman–Crippen LogP) is 3.26. The molecule has 3 rings (SSSR count). The van der Waals surface area contributed by atoms with E-state index >= 15 is 0 Å². The molecule has 25 heavy (non-hydrogen) atoms. The van der Waals surface area contributed by atoms with Crippen molar-refractivity contribution in [2.24, 2.45) is 7.05 Å². The summed E-state index contributed by atoms with van der Waals surface area (Å²) in [4.78, 5) is 11.8. The van der Waals surface area contributed by atoms with E-state index < -0.39 is 10.0 Å². The highest BCUT2D eigenvalue weighted by Crippen LogP contribution is 2.24. The molecule has 1 atom stereocenters. The number of thiazole rings is 1. The first kappa shape index (κ1) is 17.8. The Balaban J connectivity index is 1.96. The van der Waals surface area contributed by atoms with Gasteiger partial charge in [-0.3, -0.25) is 4.79 Å². The zero-order valence-electron chi connectivity index (χ0n) is 14.5. The van der Waals surface area contributed by atoms with Gasteiger partial charge < -0.3 is 4.57 Å². The maximum Gasteiger partial charge on any atom is 0.307 e. The smallest absolute Gasteiger partial charge is 0.302 e. The summed E-state index contributed by atoms with van der Waals surface area (Å²) in [6.07, 6.45) is 0.